The highest BCUT2D eigenvalue weighted by Gasteiger charge is 2.36. The number of H-pyrrole nitrogens is 1. The quantitative estimate of drug-likeness (QED) is 0.401. The van der Waals surface area contributed by atoms with Crippen LogP contribution in [0.25, 0.3) is 10.9 Å². The lowest BCUT2D eigenvalue weighted by Gasteiger charge is -2.41. The van der Waals surface area contributed by atoms with Crippen molar-refractivity contribution >= 4 is 39.9 Å². The number of aromatic amines is 1. The number of hydrogen-bond donors (Lipinski definition) is 3. The maximum atomic E-state index is 13.2. The summed E-state index contributed by atoms with van der Waals surface area (Å²) in [4.78, 5) is 12.2. The molecule has 1 saturated heterocycles. The number of hydrogen-bond acceptors (Lipinski definition) is 5. The van der Waals surface area contributed by atoms with Crippen molar-refractivity contribution in [1.82, 2.24) is 25.1 Å². The normalized spacial score (nSPS) is 21.6. The van der Waals surface area contributed by atoms with Crippen molar-refractivity contribution in [3.63, 3.8) is 0 Å². The molecule has 2 aliphatic heterocycles. The molecule has 2 aromatic heterocycles. The van der Waals surface area contributed by atoms with Crippen molar-refractivity contribution in [1.29, 1.82) is 0 Å². The second-order valence-corrected chi connectivity index (χ2v) is 10.4. The second-order valence-electron chi connectivity index (χ2n) is 9.58. The van der Waals surface area contributed by atoms with Crippen LogP contribution < -0.4 is 10.6 Å². The van der Waals surface area contributed by atoms with Gasteiger partial charge < -0.3 is 15.6 Å². The highest BCUT2D eigenvalue weighted by atomic mass is 35.5. The third-order valence-corrected chi connectivity index (χ3v) is 7.57. The molecule has 36 heavy (non-hydrogen) atoms. The summed E-state index contributed by atoms with van der Waals surface area (Å²) in [5.41, 5.74) is 2.51. The van der Waals surface area contributed by atoms with Gasteiger partial charge in [0, 0.05) is 73.5 Å². The number of benzene rings is 1. The molecule has 0 bridgehead atoms. The van der Waals surface area contributed by atoms with Crippen molar-refractivity contribution in [2.75, 3.05) is 51.1 Å². The molecular weight excluding hydrogens is 512 g/mol. The van der Waals surface area contributed by atoms with Crippen molar-refractivity contribution in [2.45, 2.75) is 31.6 Å². The summed E-state index contributed by atoms with van der Waals surface area (Å²) < 4.78 is 39.6. The number of fused-ring (bicyclic) bond motifs is 3. The maximum Gasteiger partial charge on any atom is 0.434 e. The number of rotatable bonds is 6. The molecule has 1 fully saturated rings. The molecule has 0 saturated carbocycles. The molecule has 0 amide bonds. The van der Waals surface area contributed by atoms with Gasteiger partial charge in [-0.15, -0.1) is 0 Å². The molecule has 0 radical (unpaired) electrons. The largest absolute Gasteiger partial charge is 0.434 e. The monoisotopic (exact) mass is 540 g/mol. The minimum atomic E-state index is -4.60. The van der Waals surface area contributed by atoms with E-state index in [1.165, 1.54) is 28.8 Å². The first-order valence-electron chi connectivity index (χ1n) is 12.2. The second kappa shape index (κ2) is 10.4. The van der Waals surface area contributed by atoms with E-state index in [1.54, 1.807) is 0 Å². The fourth-order valence-electron chi connectivity index (χ4n) is 5.35. The van der Waals surface area contributed by atoms with Crippen molar-refractivity contribution in [3.05, 3.63) is 57.3 Å². The third kappa shape index (κ3) is 5.45. The Morgan fingerprint density at radius 3 is 2.78 bits per heavy atom. The van der Waals surface area contributed by atoms with Crippen LogP contribution in [-0.4, -0.2) is 71.6 Å². The van der Waals surface area contributed by atoms with Gasteiger partial charge >= 0.3 is 6.18 Å². The van der Waals surface area contributed by atoms with Gasteiger partial charge in [-0.1, -0.05) is 23.2 Å². The highest BCUT2D eigenvalue weighted by Crippen LogP contribution is 2.36. The number of pyridine rings is 1. The van der Waals surface area contributed by atoms with Gasteiger partial charge in [0.1, 0.15) is 5.82 Å². The van der Waals surface area contributed by atoms with Crippen molar-refractivity contribution in [3.8, 4) is 0 Å². The standard InChI is InChI=1S/C25H29Cl2F3N6/c1-15-13-35(10-7-31-15)14-21-23-17(18-12-16(26)2-4-20(18)33-23)6-9-36(21)11-8-32-22-5-3-19(27)24(34-22)25(28,29)30/h2-5,12,15,21,31,33H,6-11,13-14H2,1H3,(H,32,34). The predicted octanol–water partition coefficient (Wildman–Crippen LogP) is 5.19. The van der Waals surface area contributed by atoms with Gasteiger partial charge in [-0.25, -0.2) is 4.98 Å². The summed E-state index contributed by atoms with van der Waals surface area (Å²) in [5, 5.41) is 8.04. The molecule has 11 heteroatoms. The van der Waals surface area contributed by atoms with Crippen LogP contribution in [0.2, 0.25) is 10.0 Å². The number of aromatic nitrogens is 2. The predicted molar refractivity (Wildman–Crippen MR) is 138 cm³/mol. The van der Waals surface area contributed by atoms with Crippen LogP contribution in [0.4, 0.5) is 19.0 Å². The average molecular weight is 541 g/mol. The Balaban J connectivity index is 1.35. The molecule has 4 heterocycles. The zero-order valence-corrected chi connectivity index (χ0v) is 21.4. The molecule has 3 aromatic rings. The van der Waals surface area contributed by atoms with E-state index < -0.39 is 16.9 Å². The van der Waals surface area contributed by atoms with E-state index in [0.717, 1.165) is 49.7 Å². The maximum absolute atomic E-state index is 13.2. The smallest absolute Gasteiger partial charge is 0.369 e. The minimum Gasteiger partial charge on any atom is -0.369 e. The summed E-state index contributed by atoms with van der Waals surface area (Å²) in [6, 6.07) is 9.22. The van der Waals surface area contributed by atoms with Crippen molar-refractivity contribution < 1.29 is 13.2 Å². The Hall–Kier alpha value is -2.04. The Labute approximate surface area is 218 Å². The summed E-state index contributed by atoms with van der Waals surface area (Å²) in [6.45, 7) is 7.94. The topological polar surface area (TPSA) is 59.2 Å². The first kappa shape index (κ1) is 25.6. The number of piperazine rings is 1. The third-order valence-electron chi connectivity index (χ3n) is 7.03. The van der Waals surface area contributed by atoms with Crippen LogP contribution in [0, 0.1) is 0 Å². The fraction of sp³-hybridized carbons (Fsp3) is 0.480. The average Bonchev–Trinajstić information content (AvgIpc) is 3.19. The molecule has 2 unspecified atom stereocenters. The zero-order valence-electron chi connectivity index (χ0n) is 19.9. The van der Waals surface area contributed by atoms with Crippen LogP contribution in [0.1, 0.15) is 29.9 Å². The van der Waals surface area contributed by atoms with E-state index in [2.05, 4.69) is 37.3 Å². The molecule has 5 rings (SSSR count). The molecule has 1 aromatic carbocycles. The zero-order chi connectivity index (χ0) is 25.4. The summed E-state index contributed by atoms with van der Waals surface area (Å²) >= 11 is 12.0. The van der Waals surface area contributed by atoms with E-state index in [1.807, 2.05) is 18.2 Å². The molecule has 0 spiro atoms. The van der Waals surface area contributed by atoms with Gasteiger partial charge in [0.05, 0.1) is 11.1 Å². The number of nitrogens with one attached hydrogen (secondary N) is 3. The van der Waals surface area contributed by atoms with Gasteiger partial charge in [0.25, 0.3) is 0 Å². The van der Waals surface area contributed by atoms with Crippen LogP contribution in [0.3, 0.4) is 0 Å². The van der Waals surface area contributed by atoms with Crippen LogP contribution >= 0.6 is 23.2 Å². The van der Waals surface area contributed by atoms with Gasteiger partial charge in [-0.05, 0) is 49.2 Å². The van der Waals surface area contributed by atoms with Crippen LogP contribution in [-0.2, 0) is 12.6 Å². The van der Waals surface area contributed by atoms with E-state index >= 15 is 0 Å². The molecule has 3 N–H and O–H groups in total. The van der Waals surface area contributed by atoms with E-state index in [0.29, 0.717) is 19.1 Å². The number of halogens is 5. The lowest BCUT2D eigenvalue weighted by Crippen LogP contribution is -2.52. The van der Waals surface area contributed by atoms with Crippen LogP contribution in [0.15, 0.2) is 30.3 Å². The molecular formula is C25H29Cl2F3N6. The van der Waals surface area contributed by atoms with Crippen LogP contribution in [0.5, 0.6) is 0 Å². The lowest BCUT2D eigenvalue weighted by molar-refractivity contribution is -0.141. The summed E-state index contributed by atoms with van der Waals surface area (Å²) in [6.07, 6.45) is -3.72. The first-order valence-corrected chi connectivity index (χ1v) is 12.9. The first-order chi connectivity index (χ1) is 17.2. The lowest BCUT2D eigenvalue weighted by atomic mass is 9.96. The Morgan fingerprint density at radius 2 is 2.00 bits per heavy atom. The highest BCUT2D eigenvalue weighted by molar-refractivity contribution is 6.31. The van der Waals surface area contributed by atoms with Gasteiger partial charge in [-0.3, -0.25) is 9.80 Å². The Morgan fingerprint density at radius 1 is 1.17 bits per heavy atom. The number of nitrogens with zero attached hydrogens (tertiary/aromatic N) is 3. The Bertz CT molecular complexity index is 1230. The molecule has 6 nitrogen and oxygen atoms in total. The number of anilines is 1. The molecule has 2 atom stereocenters. The van der Waals surface area contributed by atoms with E-state index in [-0.39, 0.29) is 11.9 Å². The minimum absolute atomic E-state index is 0.135. The van der Waals surface area contributed by atoms with Gasteiger partial charge in [0.2, 0.25) is 0 Å². The van der Waals surface area contributed by atoms with E-state index in [4.69, 9.17) is 23.2 Å². The molecule has 194 valence electrons. The molecule has 0 aliphatic carbocycles. The van der Waals surface area contributed by atoms with E-state index in [9.17, 15) is 13.2 Å². The molecule has 2 aliphatic rings. The fourth-order valence-corrected chi connectivity index (χ4v) is 5.74. The summed E-state index contributed by atoms with van der Waals surface area (Å²) in [5.74, 6) is 0.164. The van der Waals surface area contributed by atoms with Gasteiger partial charge in [-0.2, -0.15) is 13.2 Å². The van der Waals surface area contributed by atoms with Gasteiger partial charge in [0.15, 0.2) is 5.69 Å². The number of alkyl halides is 3. The van der Waals surface area contributed by atoms with Crippen molar-refractivity contribution in [2.24, 2.45) is 0 Å². The summed E-state index contributed by atoms with van der Waals surface area (Å²) in [7, 11) is 0. The SMILES string of the molecule is CC1CN(CC2c3[nH]c4ccc(Cl)cc4c3CCN2CCNc2ccc(Cl)c(C(F)(F)F)n2)CCN1. The Kier molecular flexibility index (Phi) is 7.38.